The third-order valence-corrected chi connectivity index (χ3v) is 4.52. The lowest BCUT2D eigenvalue weighted by Gasteiger charge is -2.26. The molecule has 3 nitrogen and oxygen atoms in total. The SMILES string of the molecule is O=C1CCCN1c1ccc(N(c2ccccc2)c2ccccc2)cc1. The summed E-state index contributed by atoms with van der Waals surface area (Å²) in [7, 11) is 0. The van der Waals surface area contributed by atoms with Gasteiger partial charge in [0.2, 0.25) is 5.91 Å². The van der Waals surface area contributed by atoms with Crippen LogP contribution in [0.1, 0.15) is 12.8 Å². The molecule has 0 bridgehead atoms. The summed E-state index contributed by atoms with van der Waals surface area (Å²) in [5, 5.41) is 0. The number of para-hydroxylation sites is 2. The zero-order valence-electron chi connectivity index (χ0n) is 14.0. The van der Waals surface area contributed by atoms with Crippen LogP contribution in [-0.4, -0.2) is 12.5 Å². The fraction of sp³-hybridized carbons (Fsp3) is 0.136. The van der Waals surface area contributed by atoms with Gasteiger partial charge in [0.1, 0.15) is 0 Å². The van der Waals surface area contributed by atoms with Crippen LogP contribution in [-0.2, 0) is 4.79 Å². The molecular formula is C22H20N2O. The lowest BCUT2D eigenvalue weighted by molar-refractivity contribution is -0.117. The number of amides is 1. The average molecular weight is 328 g/mol. The fourth-order valence-electron chi connectivity index (χ4n) is 3.30. The first-order valence-corrected chi connectivity index (χ1v) is 8.63. The minimum absolute atomic E-state index is 0.218. The van der Waals surface area contributed by atoms with Crippen LogP contribution in [0.5, 0.6) is 0 Å². The largest absolute Gasteiger partial charge is 0.312 e. The maximum absolute atomic E-state index is 12.0. The van der Waals surface area contributed by atoms with E-state index in [-0.39, 0.29) is 5.91 Å². The second-order valence-electron chi connectivity index (χ2n) is 6.17. The van der Waals surface area contributed by atoms with Gasteiger partial charge in [-0.3, -0.25) is 4.79 Å². The normalized spacial score (nSPS) is 13.9. The summed E-state index contributed by atoms with van der Waals surface area (Å²) in [6.07, 6.45) is 1.60. The maximum atomic E-state index is 12.0. The van der Waals surface area contributed by atoms with Crippen LogP contribution in [0, 0.1) is 0 Å². The Kier molecular flexibility index (Phi) is 4.21. The molecule has 1 amide bonds. The van der Waals surface area contributed by atoms with Crippen molar-refractivity contribution in [1.82, 2.24) is 0 Å². The Balaban J connectivity index is 1.71. The summed E-state index contributed by atoms with van der Waals surface area (Å²) in [4.78, 5) is 16.0. The molecule has 0 N–H and O–H groups in total. The molecule has 1 aliphatic heterocycles. The van der Waals surface area contributed by atoms with E-state index in [9.17, 15) is 4.79 Å². The predicted octanol–water partition coefficient (Wildman–Crippen LogP) is 5.28. The van der Waals surface area contributed by atoms with Crippen molar-refractivity contribution in [3.8, 4) is 0 Å². The lowest BCUT2D eigenvalue weighted by atomic mass is 10.2. The van der Waals surface area contributed by atoms with Gasteiger partial charge in [-0.1, -0.05) is 36.4 Å². The molecule has 1 heterocycles. The van der Waals surface area contributed by atoms with Crippen LogP contribution in [0.3, 0.4) is 0 Å². The first-order valence-electron chi connectivity index (χ1n) is 8.63. The zero-order valence-corrected chi connectivity index (χ0v) is 14.0. The van der Waals surface area contributed by atoms with Crippen LogP contribution in [0.15, 0.2) is 84.9 Å². The number of hydrogen-bond donors (Lipinski definition) is 0. The van der Waals surface area contributed by atoms with E-state index < -0.39 is 0 Å². The van der Waals surface area contributed by atoms with Gasteiger partial charge >= 0.3 is 0 Å². The summed E-state index contributed by atoms with van der Waals surface area (Å²) in [6, 6.07) is 28.9. The van der Waals surface area contributed by atoms with Crippen LogP contribution in [0.25, 0.3) is 0 Å². The predicted molar refractivity (Wildman–Crippen MR) is 103 cm³/mol. The van der Waals surface area contributed by atoms with Crippen molar-refractivity contribution in [3.63, 3.8) is 0 Å². The molecule has 0 saturated carbocycles. The first-order chi connectivity index (χ1) is 12.3. The Morgan fingerprint density at radius 1 is 0.680 bits per heavy atom. The van der Waals surface area contributed by atoms with E-state index in [4.69, 9.17) is 0 Å². The number of carbonyl (C=O) groups excluding carboxylic acids is 1. The van der Waals surface area contributed by atoms with Crippen LogP contribution >= 0.6 is 0 Å². The number of carbonyl (C=O) groups is 1. The van der Waals surface area contributed by atoms with Crippen LogP contribution in [0.2, 0.25) is 0 Å². The minimum atomic E-state index is 0.218. The van der Waals surface area contributed by atoms with Crippen LogP contribution < -0.4 is 9.80 Å². The Hall–Kier alpha value is -3.07. The molecule has 1 saturated heterocycles. The molecule has 0 aromatic heterocycles. The zero-order chi connectivity index (χ0) is 17.1. The molecule has 3 aromatic rings. The van der Waals surface area contributed by atoms with Crippen molar-refractivity contribution in [3.05, 3.63) is 84.9 Å². The lowest BCUT2D eigenvalue weighted by Crippen LogP contribution is -2.23. The first kappa shape index (κ1) is 15.5. The number of rotatable bonds is 4. The summed E-state index contributed by atoms with van der Waals surface area (Å²) in [5.74, 6) is 0.218. The van der Waals surface area contributed by atoms with Crippen molar-refractivity contribution in [2.75, 3.05) is 16.3 Å². The van der Waals surface area contributed by atoms with E-state index in [1.54, 1.807) is 0 Å². The molecule has 1 aliphatic rings. The molecule has 0 unspecified atom stereocenters. The molecule has 0 aliphatic carbocycles. The smallest absolute Gasteiger partial charge is 0.227 e. The van der Waals surface area contributed by atoms with E-state index >= 15 is 0 Å². The number of benzene rings is 3. The van der Waals surface area contributed by atoms with Crippen molar-refractivity contribution in [2.45, 2.75) is 12.8 Å². The summed E-state index contributed by atoms with van der Waals surface area (Å²) < 4.78 is 0. The molecular weight excluding hydrogens is 308 g/mol. The Bertz CT molecular complexity index is 805. The molecule has 0 radical (unpaired) electrons. The Morgan fingerprint density at radius 2 is 1.20 bits per heavy atom. The molecule has 25 heavy (non-hydrogen) atoms. The third-order valence-electron chi connectivity index (χ3n) is 4.52. The highest BCUT2D eigenvalue weighted by Gasteiger charge is 2.21. The fourth-order valence-corrected chi connectivity index (χ4v) is 3.30. The van der Waals surface area contributed by atoms with E-state index in [0.717, 1.165) is 35.7 Å². The van der Waals surface area contributed by atoms with Gasteiger partial charge < -0.3 is 9.80 Å². The second kappa shape index (κ2) is 6.81. The maximum Gasteiger partial charge on any atom is 0.227 e. The quantitative estimate of drug-likeness (QED) is 0.650. The van der Waals surface area contributed by atoms with Gasteiger partial charge in [-0.25, -0.2) is 0 Å². The van der Waals surface area contributed by atoms with E-state index in [2.05, 4.69) is 41.3 Å². The van der Waals surface area contributed by atoms with E-state index in [1.165, 1.54) is 0 Å². The highest BCUT2D eigenvalue weighted by Crippen LogP contribution is 2.35. The summed E-state index contributed by atoms with van der Waals surface area (Å²) in [6.45, 7) is 0.819. The molecule has 3 heteroatoms. The average Bonchev–Trinajstić information content (AvgIpc) is 3.10. The van der Waals surface area contributed by atoms with Crippen molar-refractivity contribution in [2.24, 2.45) is 0 Å². The molecule has 3 aromatic carbocycles. The molecule has 1 fully saturated rings. The van der Waals surface area contributed by atoms with Gasteiger partial charge in [0.05, 0.1) is 0 Å². The van der Waals surface area contributed by atoms with E-state index in [1.807, 2.05) is 53.4 Å². The van der Waals surface area contributed by atoms with Gasteiger partial charge in [-0.05, 0) is 55.0 Å². The van der Waals surface area contributed by atoms with E-state index in [0.29, 0.717) is 6.42 Å². The molecule has 0 atom stereocenters. The van der Waals surface area contributed by atoms with Gasteiger partial charge in [0.25, 0.3) is 0 Å². The Labute approximate surface area is 148 Å². The second-order valence-corrected chi connectivity index (χ2v) is 6.17. The van der Waals surface area contributed by atoms with Crippen molar-refractivity contribution >= 4 is 28.7 Å². The number of nitrogens with zero attached hydrogens (tertiary/aromatic N) is 2. The molecule has 124 valence electrons. The third kappa shape index (κ3) is 3.13. The number of anilines is 4. The Morgan fingerprint density at radius 3 is 1.68 bits per heavy atom. The monoisotopic (exact) mass is 328 g/mol. The summed E-state index contributed by atoms with van der Waals surface area (Å²) >= 11 is 0. The van der Waals surface area contributed by atoms with Gasteiger partial charge in [0.15, 0.2) is 0 Å². The molecule has 4 rings (SSSR count). The molecule has 0 spiro atoms. The van der Waals surface area contributed by atoms with Crippen molar-refractivity contribution in [1.29, 1.82) is 0 Å². The van der Waals surface area contributed by atoms with Gasteiger partial charge in [0, 0.05) is 35.7 Å². The topological polar surface area (TPSA) is 23.6 Å². The minimum Gasteiger partial charge on any atom is -0.312 e. The highest BCUT2D eigenvalue weighted by atomic mass is 16.2. The standard InChI is InChI=1S/C22H20N2O/c25-22-12-7-17-23(22)18-13-15-21(16-14-18)24(19-8-3-1-4-9-19)20-10-5-2-6-11-20/h1-6,8-11,13-16H,7,12,17H2. The summed E-state index contributed by atoms with van der Waals surface area (Å²) in [5.41, 5.74) is 4.28. The van der Waals surface area contributed by atoms with Gasteiger partial charge in [-0.15, -0.1) is 0 Å². The highest BCUT2D eigenvalue weighted by molar-refractivity contribution is 5.95. The van der Waals surface area contributed by atoms with Gasteiger partial charge in [-0.2, -0.15) is 0 Å². The van der Waals surface area contributed by atoms with Crippen LogP contribution in [0.4, 0.5) is 22.7 Å². The number of hydrogen-bond acceptors (Lipinski definition) is 2. The van der Waals surface area contributed by atoms with Crippen molar-refractivity contribution < 1.29 is 4.79 Å².